The molecular weight excluding hydrogens is 322 g/mol. The van der Waals surface area contributed by atoms with Gasteiger partial charge in [0.15, 0.2) is 0 Å². The fourth-order valence-corrected chi connectivity index (χ4v) is 3.03. The number of carbonyl (C=O) groups is 2. The number of nitrogens with zero attached hydrogens (tertiary/aromatic N) is 2. The molecule has 2 amide bonds. The van der Waals surface area contributed by atoms with Gasteiger partial charge in [-0.15, -0.1) is 0 Å². The Balaban J connectivity index is 1.59. The molecule has 1 aliphatic carbocycles. The van der Waals surface area contributed by atoms with Crippen LogP contribution in [-0.4, -0.2) is 74.6 Å². The lowest BCUT2D eigenvalue weighted by atomic mass is 10.1. The Hall–Kier alpha value is -2.28. The lowest BCUT2D eigenvalue weighted by molar-refractivity contribution is -0.122. The Kier molecular flexibility index (Phi) is 5.43. The van der Waals surface area contributed by atoms with E-state index < -0.39 is 0 Å². The highest BCUT2D eigenvalue weighted by molar-refractivity contribution is 5.99. The molecule has 2 aliphatic rings. The summed E-state index contributed by atoms with van der Waals surface area (Å²) in [5.41, 5.74) is 0.451. The fourth-order valence-electron chi connectivity index (χ4n) is 3.03. The van der Waals surface area contributed by atoms with Crippen molar-refractivity contribution in [1.29, 1.82) is 0 Å². The Morgan fingerprint density at radius 3 is 2.20 bits per heavy atom. The molecule has 0 spiro atoms. The predicted molar refractivity (Wildman–Crippen MR) is 93.1 cm³/mol. The number of nitrogens with one attached hydrogen (secondary N) is 1. The van der Waals surface area contributed by atoms with Gasteiger partial charge in [-0.2, -0.15) is 0 Å². The molecular formula is C18H25N3O4. The molecule has 1 aromatic carbocycles. The van der Waals surface area contributed by atoms with Gasteiger partial charge in [-0.05, 0) is 25.0 Å². The molecule has 0 radical (unpaired) electrons. The first-order valence-corrected chi connectivity index (χ1v) is 8.64. The Labute approximate surface area is 147 Å². The number of hydrogen-bond donors (Lipinski definition) is 1. The Morgan fingerprint density at radius 1 is 1.08 bits per heavy atom. The van der Waals surface area contributed by atoms with Crippen LogP contribution in [0.3, 0.4) is 0 Å². The molecule has 1 saturated carbocycles. The van der Waals surface area contributed by atoms with E-state index in [0.717, 1.165) is 12.8 Å². The molecule has 25 heavy (non-hydrogen) atoms. The van der Waals surface area contributed by atoms with Crippen LogP contribution in [0.4, 0.5) is 0 Å². The lowest BCUT2D eigenvalue weighted by Gasteiger charge is -2.34. The van der Waals surface area contributed by atoms with Gasteiger partial charge in [0.25, 0.3) is 5.91 Å². The van der Waals surface area contributed by atoms with E-state index in [2.05, 4.69) is 10.2 Å². The summed E-state index contributed by atoms with van der Waals surface area (Å²) < 4.78 is 10.7. The first kappa shape index (κ1) is 17.5. The van der Waals surface area contributed by atoms with Gasteiger partial charge in [-0.1, -0.05) is 6.07 Å². The molecule has 0 unspecified atom stereocenters. The number of rotatable bonds is 6. The zero-order valence-electron chi connectivity index (χ0n) is 14.8. The molecule has 1 heterocycles. The number of methoxy groups -OCH3 is 2. The highest BCUT2D eigenvalue weighted by Crippen LogP contribution is 2.29. The highest BCUT2D eigenvalue weighted by atomic mass is 16.5. The number of hydrogen-bond acceptors (Lipinski definition) is 5. The summed E-state index contributed by atoms with van der Waals surface area (Å²) in [6.45, 7) is 2.92. The lowest BCUT2D eigenvalue weighted by Crippen LogP contribution is -2.51. The van der Waals surface area contributed by atoms with Crippen LogP contribution in [0, 0.1) is 0 Å². The van der Waals surface area contributed by atoms with Crippen LogP contribution in [0.2, 0.25) is 0 Å². The number of benzene rings is 1. The third-order valence-electron chi connectivity index (χ3n) is 4.61. The molecule has 1 aromatic rings. The Bertz CT molecular complexity index is 615. The van der Waals surface area contributed by atoms with Gasteiger partial charge in [0.1, 0.15) is 17.1 Å². The van der Waals surface area contributed by atoms with Crippen molar-refractivity contribution in [1.82, 2.24) is 15.1 Å². The molecule has 0 bridgehead atoms. The second kappa shape index (κ2) is 7.74. The minimum absolute atomic E-state index is 0.0775. The largest absolute Gasteiger partial charge is 0.496 e. The van der Waals surface area contributed by atoms with Crippen molar-refractivity contribution in [2.75, 3.05) is 46.9 Å². The van der Waals surface area contributed by atoms with Crippen LogP contribution < -0.4 is 14.8 Å². The summed E-state index contributed by atoms with van der Waals surface area (Å²) in [5, 5.41) is 3.00. The fraction of sp³-hybridized carbons (Fsp3) is 0.556. The third kappa shape index (κ3) is 4.22. The smallest absolute Gasteiger partial charge is 0.261 e. The molecule has 7 heteroatoms. The molecule has 3 rings (SSSR count). The van der Waals surface area contributed by atoms with E-state index in [9.17, 15) is 9.59 Å². The van der Waals surface area contributed by atoms with Crippen LogP contribution in [0.1, 0.15) is 23.2 Å². The number of ether oxygens (including phenoxy) is 2. The van der Waals surface area contributed by atoms with Crippen molar-refractivity contribution in [3.63, 3.8) is 0 Å². The van der Waals surface area contributed by atoms with Gasteiger partial charge >= 0.3 is 0 Å². The average Bonchev–Trinajstić information content (AvgIpc) is 3.44. The zero-order valence-corrected chi connectivity index (χ0v) is 14.8. The van der Waals surface area contributed by atoms with Gasteiger partial charge in [0, 0.05) is 32.2 Å². The number of piperazine rings is 1. The summed E-state index contributed by atoms with van der Waals surface area (Å²) in [6, 6.07) is 5.70. The summed E-state index contributed by atoms with van der Waals surface area (Å²) in [4.78, 5) is 28.7. The van der Waals surface area contributed by atoms with Crippen LogP contribution in [0.15, 0.2) is 18.2 Å². The number of carbonyl (C=O) groups excluding carboxylic acids is 2. The first-order valence-electron chi connectivity index (χ1n) is 8.64. The van der Waals surface area contributed by atoms with Crippen molar-refractivity contribution in [3.8, 4) is 11.5 Å². The zero-order chi connectivity index (χ0) is 17.8. The van der Waals surface area contributed by atoms with E-state index in [1.54, 1.807) is 37.3 Å². The molecule has 1 N–H and O–H groups in total. The van der Waals surface area contributed by atoms with E-state index in [4.69, 9.17) is 9.47 Å². The summed E-state index contributed by atoms with van der Waals surface area (Å²) in [7, 11) is 3.09. The van der Waals surface area contributed by atoms with E-state index in [1.165, 1.54) is 0 Å². The van der Waals surface area contributed by atoms with Crippen molar-refractivity contribution in [2.45, 2.75) is 18.9 Å². The molecule has 1 aliphatic heterocycles. The van der Waals surface area contributed by atoms with E-state index in [-0.39, 0.29) is 11.8 Å². The molecule has 0 atom stereocenters. The Morgan fingerprint density at radius 2 is 1.68 bits per heavy atom. The van der Waals surface area contributed by atoms with E-state index in [1.807, 2.05) is 0 Å². The molecule has 1 saturated heterocycles. The quantitative estimate of drug-likeness (QED) is 0.822. The second-order valence-electron chi connectivity index (χ2n) is 6.45. The van der Waals surface area contributed by atoms with Crippen molar-refractivity contribution < 1.29 is 19.1 Å². The van der Waals surface area contributed by atoms with Gasteiger partial charge < -0.3 is 19.7 Å². The summed E-state index contributed by atoms with van der Waals surface area (Å²) in [6.07, 6.45) is 2.18. The topological polar surface area (TPSA) is 71.1 Å². The van der Waals surface area contributed by atoms with Gasteiger partial charge in [0.2, 0.25) is 5.91 Å². The van der Waals surface area contributed by atoms with Crippen molar-refractivity contribution >= 4 is 11.8 Å². The minimum Gasteiger partial charge on any atom is -0.496 e. The maximum atomic E-state index is 12.9. The monoisotopic (exact) mass is 347 g/mol. The standard InChI is InChI=1S/C18H25N3O4/c1-24-14-4-3-5-15(25-2)17(14)18(23)21-10-8-20(9-11-21)12-16(22)19-13-6-7-13/h3-5,13H,6-12H2,1-2H3,(H,19,22). The van der Waals surface area contributed by atoms with Crippen LogP contribution in [-0.2, 0) is 4.79 Å². The summed E-state index contributed by atoms with van der Waals surface area (Å²) in [5.74, 6) is 0.997. The second-order valence-corrected chi connectivity index (χ2v) is 6.45. The highest BCUT2D eigenvalue weighted by Gasteiger charge is 2.28. The summed E-state index contributed by atoms with van der Waals surface area (Å²) >= 11 is 0. The van der Waals surface area contributed by atoms with Crippen LogP contribution in [0.5, 0.6) is 11.5 Å². The van der Waals surface area contributed by atoms with Gasteiger partial charge in [-0.3, -0.25) is 14.5 Å². The van der Waals surface area contributed by atoms with E-state index >= 15 is 0 Å². The molecule has 7 nitrogen and oxygen atoms in total. The SMILES string of the molecule is COc1cccc(OC)c1C(=O)N1CCN(CC(=O)NC2CC2)CC1. The molecule has 136 valence electrons. The van der Waals surface area contributed by atoms with Gasteiger partial charge in [-0.25, -0.2) is 0 Å². The third-order valence-corrected chi connectivity index (χ3v) is 4.61. The van der Waals surface area contributed by atoms with Crippen molar-refractivity contribution in [2.24, 2.45) is 0 Å². The van der Waals surface area contributed by atoms with Crippen molar-refractivity contribution in [3.05, 3.63) is 23.8 Å². The predicted octanol–water partition coefficient (Wildman–Crippen LogP) is 0.740. The normalized spacial score (nSPS) is 17.9. The molecule has 0 aromatic heterocycles. The van der Waals surface area contributed by atoms with Crippen LogP contribution >= 0.6 is 0 Å². The van der Waals surface area contributed by atoms with E-state index in [0.29, 0.717) is 55.8 Å². The average molecular weight is 347 g/mol. The van der Waals surface area contributed by atoms with Crippen LogP contribution in [0.25, 0.3) is 0 Å². The minimum atomic E-state index is -0.101. The maximum absolute atomic E-state index is 12.9. The van der Waals surface area contributed by atoms with Gasteiger partial charge in [0.05, 0.1) is 20.8 Å². The maximum Gasteiger partial charge on any atom is 0.261 e. The first-order chi connectivity index (χ1) is 12.1. The number of amides is 2. The molecule has 2 fully saturated rings.